The van der Waals surface area contributed by atoms with Gasteiger partial charge in [0.25, 0.3) is 0 Å². The van der Waals surface area contributed by atoms with Crippen LogP contribution >= 0.6 is 0 Å². The van der Waals surface area contributed by atoms with Crippen molar-refractivity contribution in [2.24, 2.45) is 5.92 Å². The predicted octanol–water partition coefficient (Wildman–Crippen LogP) is 3.20. The fourth-order valence-corrected chi connectivity index (χ4v) is 2.55. The Hall–Kier alpha value is -1.39. The minimum Gasteiger partial charge on any atom is -0.381 e. The molecule has 116 valence electrons. The minimum absolute atomic E-state index is 0.258. The van der Waals surface area contributed by atoms with Crippen LogP contribution in [0.3, 0.4) is 0 Å². The molecule has 4 nitrogen and oxygen atoms in total. The Labute approximate surface area is 127 Å². The van der Waals surface area contributed by atoms with Gasteiger partial charge in [0.2, 0.25) is 0 Å². The summed E-state index contributed by atoms with van der Waals surface area (Å²) in [6.45, 7) is 8.42. The molecule has 1 fully saturated rings. The Kier molecular flexibility index (Phi) is 5.76. The number of nitrogens with zero attached hydrogens (tertiary/aromatic N) is 1. The van der Waals surface area contributed by atoms with Crippen molar-refractivity contribution < 1.29 is 14.4 Å². The lowest BCUT2D eigenvalue weighted by atomic mass is 10.1. The highest BCUT2D eigenvalue weighted by Crippen LogP contribution is 2.18. The summed E-state index contributed by atoms with van der Waals surface area (Å²) >= 11 is 0. The van der Waals surface area contributed by atoms with Gasteiger partial charge in [0.1, 0.15) is 0 Å². The molecule has 2 rings (SSSR count). The van der Waals surface area contributed by atoms with E-state index < -0.39 is 0 Å². The zero-order valence-electron chi connectivity index (χ0n) is 13.2. The van der Waals surface area contributed by atoms with Gasteiger partial charge in [0.05, 0.1) is 11.6 Å². The van der Waals surface area contributed by atoms with Gasteiger partial charge in [0, 0.05) is 19.8 Å². The molecule has 21 heavy (non-hydrogen) atoms. The summed E-state index contributed by atoms with van der Waals surface area (Å²) in [4.78, 5) is 18.1. The zero-order chi connectivity index (χ0) is 15.2. The highest BCUT2D eigenvalue weighted by molar-refractivity contribution is 5.90. The second kappa shape index (κ2) is 7.57. The first-order valence-corrected chi connectivity index (χ1v) is 7.70. The summed E-state index contributed by atoms with van der Waals surface area (Å²) in [6, 6.07) is 7.79. The number of rotatable bonds is 5. The molecule has 1 heterocycles. The number of aryl methyl sites for hydroxylation is 1. The number of hydrogen-bond donors (Lipinski definition) is 0. The average molecular weight is 291 g/mol. The van der Waals surface area contributed by atoms with Crippen LogP contribution in [0.2, 0.25) is 0 Å². The van der Waals surface area contributed by atoms with Crippen molar-refractivity contribution in [3.63, 3.8) is 0 Å². The van der Waals surface area contributed by atoms with E-state index >= 15 is 0 Å². The third-order valence-corrected chi connectivity index (χ3v) is 3.71. The fourth-order valence-electron chi connectivity index (χ4n) is 2.55. The van der Waals surface area contributed by atoms with Crippen LogP contribution < -0.4 is 0 Å². The van der Waals surface area contributed by atoms with Crippen molar-refractivity contribution >= 4 is 5.97 Å². The molecule has 0 spiro atoms. The molecule has 4 heteroatoms. The Morgan fingerprint density at radius 3 is 2.62 bits per heavy atom. The third kappa shape index (κ3) is 4.55. The molecule has 0 bridgehead atoms. The Morgan fingerprint density at radius 2 is 2.00 bits per heavy atom. The van der Waals surface area contributed by atoms with Gasteiger partial charge in [0.15, 0.2) is 0 Å². The Bertz CT molecular complexity index is 467. The Morgan fingerprint density at radius 1 is 1.33 bits per heavy atom. The zero-order valence-corrected chi connectivity index (χ0v) is 13.2. The van der Waals surface area contributed by atoms with E-state index in [9.17, 15) is 4.79 Å². The quantitative estimate of drug-likeness (QED) is 0.781. The molecular weight excluding hydrogens is 266 g/mol. The van der Waals surface area contributed by atoms with E-state index in [1.165, 1.54) is 0 Å². The number of ether oxygens (including phenoxy) is 1. The van der Waals surface area contributed by atoms with Gasteiger partial charge in [-0.3, -0.25) is 0 Å². The van der Waals surface area contributed by atoms with Gasteiger partial charge in [-0.2, -0.15) is 0 Å². The summed E-state index contributed by atoms with van der Waals surface area (Å²) in [5.41, 5.74) is 1.58. The maximum atomic E-state index is 12.4. The van der Waals surface area contributed by atoms with E-state index in [2.05, 4.69) is 13.8 Å². The van der Waals surface area contributed by atoms with E-state index in [0.29, 0.717) is 11.5 Å². The molecule has 0 N–H and O–H groups in total. The second-order valence-electron chi connectivity index (χ2n) is 6.03. The molecule has 0 aliphatic carbocycles. The van der Waals surface area contributed by atoms with E-state index in [1.807, 2.05) is 36.3 Å². The normalized spacial score (nSPS) is 16.4. The van der Waals surface area contributed by atoms with E-state index in [1.54, 1.807) is 0 Å². The van der Waals surface area contributed by atoms with Gasteiger partial charge in [-0.25, -0.2) is 4.79 Å². The maximum Gasteiger partial charge on any atom is 0.357 e. The Balaban J connectivity index is 2.07. The highest BCUT2D eigenvalue weighted by Gasteiger charge is 2.26. The maximum absolute atomic E-state index is 12.4. The number of hydrogen-bond acceptors (Lipinski definition) is 4. The standard InChI is InChI=1S/C17H25NO3/c1-13(2)12-18(15-8-10-20-11-9-15)21-17(19)16-7-5-4-6-14(16)3/h4-7,13,15H,8-12H2,1-3H3. The van der Waals surface area contributed by atoms with E-state index in [4.69, 9.17) is 9.57 Å². The van der Waals surface area contributed by atoms with Gasteiger partial charge in [-0.1, -0.05) is 32.0 Å². The summed E-state index contributed by atoms with van der Waals surface area (Å²) < 4.78 is 5.40. The van der Waals surface area contributed by atoms with Crippen LogP contribution in [0.5, 0.6) is 0 Å². The molecule has 1 aromatic rings. The molecule has 0 radical (unpaired) electrons. The molecule has 1 aliphatic heterocycles. The summed E-state index contributed by atoms with van der Waals surface area (Å²) in [5, 5.41) is 1.86. The van der Waals surface area contributed by atoms with E-state index in [0.717, 1.165) is 38.2 Å². The van der Waals surface area contributed by atoms with Crippen molar-refractivity contribution in [2.45, 2.75) is 39.7 Å². The lowest BCUT2D eigenvalue weighted by Crippen LogP contribution is -2.42. The molecule has 1 aromatic carbocycles. The SMILES string of the molecule is Cc1ccccc1C(=O)ON(CC(C)C)C1CCOCC1. The monoisotopic (exact) mass is 291 g/mol. The smallest absolute Gasteiger partial charge is 0.357 e. The number of hydroxylamine groups is 2. The van der Waals surface area contributed by atoms with Crippen LogP contribution in [0.4, 0.5) is 0 Å². The van der Waals surface area contributed by atoms with Crippen LogP contribution in [0.25, 0.3) is 0 Å². The summed E-state index contributed by atoms with van der Waals surface area (Å²) in [6.07, 6.45) is 1.82. The van der Waals surface area contributed by atoms with Gasteiger partial charge < -0.3 is 9.57 Å². The summed E-state index contributed by atoms with van der Waals surface area (Å²) in [5.74, 6) is 0.178. The molecular formula is C17H25NO3. The number of carbonyl (C=O) groups is 1. The van der Waals surface area contributed by atoms with Crippen molar-refractivity contribution in [2.75, 3.05) is 19.8 Å². The van der Waals surface area contributed by atoms with Gasteiger partial charge in [-0.15, -0.1) is 5.06 Å². The fraction of sp³-hybridized carbons (Fsp3) is 0.588. The van der Waals surface area contributed by atoms with Crippen LogP contribution in [0, 0.1) is 12.8 Å². The topological polar surface area (TPSA) is 38.8 Å². The van der Waals surface area contributed by atoms with Crippen molar-refractivity contribution in [3.8, 4) is 0 Å². The molecule has 0 atom stereocenters. The lowest BCUT2D eigenvalue weighted by Gasteiger charge is -2.33. The number of benzene rings is 1. The first kappa shape index (κ1) is 16.0. The van der Waals surface area contributed by atoms with Crippen molar-refractivity contribution in [3.05, 3.63) is 35.4 Å². The third-order valence-electron chi connectivity index (χ3n) is 3.71. The van der Waals surface area contributed by atoms with Crippen LogP contribution in [-0.2, 0) is 9.57 Å². The minimum atomic E-state index is -0.264. The lowest BCUT2D eigenvalue weighted by molar-refractivity contribution is -0.161. The first-order valence-electron chi connectivity index (χ1n) is 7.70. The molecule has 0 aromatic heterocycles. The van der Waals surface area contributed by atoms with Crippen molar-refractivity contribution in [1.82, 2.24) is 5.06 Å². The number of carbonyl (C=O) groups excluding carboxylic acids is 1. The second-order valence-corrected chi connectivity index (χ2v) is 6.03. The van der Waals surface area contributed by atoms with E-state index in [-0.39, 0.29) is 12.0 Å². The first-order chi connectivity index (χ1) is 10.1. The van der Waals surface area contributed by atoms with Gasteiger partial charge >= 0.3 is 5.97 Å². The molecule has 0 amide bonds. The predicted molar refractivity (Wildman–Crippen MR) is 82.0 cm³/mol. The molecule has 0 saturated carbocycles. The van der Waals surface area contributed by atoms with Crippen LogP contribution in [0.1, 0.15) is 42.6 Å². The van der Waals surface area contributed by atoms with Crippen LogP contribution in [0.15, 0.2) is 24.3 Å². The highest BCUT2D eigenvalue weighted by atomic mass is 16.7. The molecule has 1 saturated heterocycles. The molecule has 1 aliphatic rings. The van der Waals surface area contributed by atoms with Crippen molar-refractivity contribution in [1.29, 1.82) is 0 Å². The van der Waals surface area contributed by atoms with Crippen LogP contribution in [-0.4, -0.2) is 36.8 Å². The average Bonchev–Trinajstić information content (AvgIpc) is 2.47. The summed E-state index contributed by atoms with van der Waals surface area (Å²) in [7, 11) is 0. The largest absolute Gasteiger partial charge is 0.381 e. The molecule has 0 unspecified atom stereocenters. The van der Waals surface area contributed by atoms with Gasteiger partial charge in [-0.05, 0) is 37.3 Å².